The average Bonchev–Trinajstić information content (AvgIpc) is 2.35. The van der Waals surface area contributed by atoms with Gasteiger partial charge in [-0.15, -0.1) is 0 Å². The van der Waals surface area contributed by atoms with Crippen LogP contribution in [-0.4, -0.2) is 56.5 Å². The van der Waals surface area contributed by atoms with Crippen molar-refractivity contribution in [3.63, 3.8) is 0 Å². The van der Waals surface area contributed by atoms with Gasteiger partial charge in [-0.1, -0.05) is 6.07 Å². The van der Waals surface area contributed by atoms with Crippen molar-refractivity contribution in [1.29, 1.82) is 0 Å². The first-order chi connectivity index (χ1) is 9.51. The number of hydrogen-bond donors (Lipinski definition) is 1. The molecule has 0 amide bonds. The quantitative estimate of drug-likeness (QED) is 0.861. The highest BCUT2D eigenvalue weighted by molar-refractivity contribution is 7.91. The highest BCUT2D eigenvalue weighted by Gasteiger charge is 2.29. The summed E-state index contributed by atoms with van der Waals surface area (Å²) in [6.45, 7) is -1.52. The standard InChI is InChI=1S/C12H14F3NO4S/c1-16(8-12(13,14)15)5-6-21(19,20)10-4-2-3-9(7-10)11(17)18/h2-4,7H,5-6,8H2,1H3,(H,17,18). The van der Waals surface area contributed by atoms with Crippen LogP contribution < -0.4 is 0 Å². The second-order valence-electron chi connectivity index (χ2n) is 4.50. The molecule has 0 saturated carbocycles. The molecule has 0 saturated heterocycles. The molecule has 1 aromatic rings. The lowest BCUT2D eigenvalue weighted by Gasteiger charge is -2.18. The van der Waals surface area contributed by atoms with E-state index in [1.807, 2.05) is 0 Å². The minimum Gasteiger partial charge on any atom is -0.478 e. The van der Waals surface area contributed by atoms with Crippen LogP contribution in [0.3, 0.4) is 0 Å². The summed E-state index contributed by atoms with van der Waals surface area (Å²) >= 11 is 0. The fourth-order valence-corrected chi connectivity index (χ4v) is 2.98. The van der Waals surface area contributed by atoms with Gasteiger partial charge in [0.1, 0.15) is 0 Å². The maximum Gasteiger partial charge on any atom is 0.401 e. The summed E-state index contributed by atoms with van der Waals surface area (Å²) in [6.07, 6.45) is -4.40. The van der Waals surface area contributed by atoms with Crippen LogP contribution >= 0.6 is 0 Å². The molecule has 118 valence electrons. The molecular formula is C12H14F3NO4S. The first-order valence-electron chi connectivity index (χ1n) is 5.83. The average molecular weight is 325 g/mol. The first-order valence-corrected chi connectivity index (χ1v) is 7.48. The van der Waals surface area contributed by atoms with Crippen LogP contribution in [0.1, 0.15) is 10.4 Å². The highest BCUT2D eigenvalue weighted by atomic mass is 32.2. The van der Waals surface area contributed by atoms with E-state index in [2.05, 4.69) is 0 Å². The van der Waals surface area contributed by atoms with Crippen LogP contribution in [0.15, 0.2) is 29.2 Å². The van der Waals surface area contributed by atoms with E-state index < -0.39 is 34.3 Å². The molecule has 0 aliphatic heterocycles. The van der Waals surface area contributed by atoms with Gasteiger partial charge in [-0.25, -0.2) is 13.2 Å². The third-order valence-electron chi connectivity index (χ3n) is 2.63. The number of sulfone groups is 1. The monoisotopic (exact) mass is 325 g/mol. The molecule has 0 radical (unpaired) electrons. The summed E-state index contributed by atoms with van der Waals surface area (Å²) in [6, 6.07) is 4.71. The zero-order valence-electron chi connectivity index (χ0n) is 11.1. The van der Waals surface area contributed by atoms with E-state index in [9.17, 15) is 26.4 Å². The maximum atomic E-state index is 12.1. The number of rotatable bonds is 6. The molecule has 0 bridgehead atoms. The van der Waals surface area contributed by atoms with Crippen molar-refractivity contribution < 1.29 is 31.5 Å². The zero-order valence-corrected chi connectivity index (χ0v) is 11.9. The Labute approximate surface area is 119 Å². The van der Waals surface area contributed by atoms with Crippen molar-refractivity contribution in [2.45, 2.75) is 11.1 Å². The summed E-state index contributed by atoms with van der Waals surface area (Å²) in [5.74, 6) is -1.80. The van der Waals surface area contributed by atoms with E-state index in [0.29, 0.717) is 0 Å². The maximum absolute atomic E-state index is 12.1. The molecule has 1 rings (SSSR count). The fraction of sp³-hybridized carbons (Fsp3) is 0.417. The van der Waals surface area contributed by atoms with Crippen molar-refractivity contribution in [2.24, 2.45) is 0 Å². The van der Waals surface area contributed by atoms with E-state index in [1.54, 1.807) is 0 Å². The fourth-order valence-electron chi connectivity index (χ4n) is 1.60. The topological polar surface area (TPSA) is 74.7 Å². The lowest BCUT2D eigenvalue weighted by Crippen LogP contribution is -2.34. The van der Waals surface area contributed by atoms with Crippen LogP contribution in [0.2, 0.25) is 0 Å². The lowest BCUT2D eigenvalue weighted by molar-refractivity contribution is -0.142. The largest absolute Gasteiger partial charge is 0.478 e. The lowest BCUT2D eigenvalue weighted by atomic mass is 10.2. The molecule has 9 heteroatoms. The van der Waals surface area contributed by atoms with Crippen LogP contribution in [0.4, 0.5) is 13.2 Å². The van der Waals surface area contributed by atoms with E-state index in [0.717, 1.165) is 18.0 Å². The SMILES string of the molecule is CN(CCS(=O)(=O)c1cccc(C(=O)O)c1)CC(F)(F)F. The summed E-state index contributed by atoms with van der Waals surface area (Å²) in [4.78, 5) is 11.4. The normalized spacial score (nSPS) is 12.6. The number of carbonyl (C=O) groups is 1. The van der Waals surface area contributed by atoms with Crippen LogP contribution in [0.5, 0.6) is 0 Å². The molecule has 0 fully saturated rings. The summed E-state index contributed by atoms with van der Waals surface area (Å²) in [5.41, 5.74) is -0.195. The van der Waals surface area contributed by atoms with Crippen LogP contribution in [0.25, 0.3) is 0 Å². The molecular weight excluding hydrogens is 311 g/mol. The van der Waals surface area contributed by atoms with E-state index in [4.69, 9.17) is 5.11 Å². The minimum atomic E-state index is -4.40. The predicted molar refractivity (Wildman–Crippen MR) is 69.0 cm³/mol. The number of carboxylic acid groups (broad SMARTS) is 1. The highest BCUT2D eigenvalue weighted by Crippen LogP contribution is 2.17. The number of halogens is 3. The van der Waals surface area contributed by atoms with E-state index in [1.165, 1.54) is 18.2 Å². The number of benzene rings is 1. The Morgan fingerprint density at radius 1 is 1.33 bits per heavy atom. The summed E-state index contributed by atoms with van der Waals surface area (Å²) < 4.78 is 60.4. The molecule has 0 spiro atoms. The summed E-state index contributed by atoms with van der Waals surface area (Å²) in [7, 11) is -2.68. The van der Waals surface area contributed by atoms with Gasteiger partial charge in [0.2, 0.25) is 0 Å². The molecule has 0 heterocycles. The Morgan fingerprint density at radius 2 is 1.95 bits per heavy atom. The van der Waals surface area contributed by atoms with Gasteiger partial charge in [0.25, 0.3) is 0 Å². The van der Waals surface area contributed by atoms with Gasteiger partial charge >= 0.3 is 12.1 Å². The Morgan fingerprint density at radius 3 is 2.48 bits per heavy atom. The molecule has 21 heavy (non-hydrogen) atoms. The van der Waals surface area contributed by atoms with Gasteiger partial charge in [-0.2, -0.15) is 13.2 Å². The van der Waals surface area contributed by atoms with Gasteiger partial charge < -0.3 is 5.11 Å². The minimum absolute atomic E-state index is 0.195. The van der Waals surface area contributed by atoms with Crippen LogP contribution in [0, 0.1) is 0 Å². The van der Waals surface area contributed by atoms with Crippen molar-refractivity contribution in [3.05, 3.63) is 29.8 Å². The second kappa shape index (κ2) is 6.44. The van der Waals surface area contributed by atoms with Crippen molar-refractivity contribution in [3.8, 4) is 0 Å². The molecule has 1 aromatic carbocycles. The van der Waals surface area contributed by atoms with Gasteiger partial charge in [0.15, 0.2) is 9.84 Å². The van der Waals surface area contributed by atoms with Crippen molar-refractivity contribution in [1.82, 2.24) is 4.90 Å². The number of carboxylic acids is 1. The molecule has 0 aromatic heterocycles. The Kier molecular flexibility index (Phi) is 5.35. The Balaban J connectivity index is 2.78. The molecule has 5 nitrogen and oxygen atoms in total. The molecule has 0 unspecified atom stereocenters. The van der Waals surface area contributed by atoms with Gasteiger partial charge in [-0.05, 0) is 25.2 Å². The second-order valence-corrected chi connectivity index (χ2v) is 6.61. The number of aromatic carboxylic acids is 1. The van der Waals surface area contributed by atoms with Gasteiger partial charge in [0, 0.05) is 6.54 Å². The van der Waals surface area contributed by atoms with Crippen molar-refractivity contribution in [2.75, 3.05) is 25.9 Å². The van der Waals surface area contributed by atoms with E-state index >= 15 is 0 Å². The van der Waals surface area contributed by atoms with Crippen molar-refractivity contribution >= 4 is 15.8 Å². The third-order valence-corrected chi connectivity index (χ3v) is 4.32. The first kappa shape index (κ1) is 17.4. The number of nitrogens with zero attached hydrogens (tertiary/aromatic N) is 1. The molecule has 1 N–H and O–H groups in total. The molecule has 0 aliphatic rings. The Bertz CT molecular complexity index is 613. The summed E-state index contributed by atoms with van der Waals surface area (Å²) in [5, 5.41) is 8.79. The zero-order chi connectivity index (χ0) is 16.3. The third kappa shape index (κ3) is 5.72. The molecule has 0 atom stereocenters. The Hall–Kier alpha value is -1.61. The van der Waals surface area contributed by atoms with Gasteiger partial charge in [-0.3, -0.25) is 4.90 Å². The smallest absolute Gasteiger partial charge is 0.401 e. The molecule has 0 aliphatic carbocycles. The van der Waals surface area contributed by atoms with Gasteiger partial charge in [0.05, 0.1) is 22.8 Å². The number of alkyl halides is 3. The predicted octanol–water partition coefficient (Wildman–Crippen LogP) is 1.65. The van der Waals surface area contributed by atoms with E-state index in [-0.39, 0.29) is 17.0 Å². The number of hydrogen-bond acceptors (Lipinski definition) is 4. The van der Waals surface area contributed by atoms with Crippen LogP contribution in [-0.2, 0) is 9.84 Å².